The van der Waals surface area contributed by atoms with E-state index in [0.717, 1.165) is 66.5 Å². The van der Waals surface area contributed by atoms with Crippen LogP contribution in [0.1, 0.15) is 78.5 Å². The molecular formula is C30H45N3O4. The van der Waals surface area contributed by atoms with Crippen molar-refractivity contribution in [3.05, 3.63) is 35.8 Å². The summed E-state index contributed by atoms with van der Waals surface area (Å²) in [5.74, 6) is 1.28. The van der Waals surface area contributed by atoms with Gasteiger partial charge in [0.15, 0.2) is 0 Å². The van der Waals surface area contributed by atoms with Crippen molar-refractivity contribution in [2.75, 3.05) is 24.6 Å². The molecule has 2 aliphatic rings. The molecule has 1 N–H and O–H groups in total. The van der Waals surface area contributed by atoms with E-state index in [1.807, 2.05) is 39.1 Å². The molecule has 1 saturated heterocycles. The molecule has 7 nitrogen and oxygen atoms in total. The maximum Gasteiger partial charge on any atom is 0.310 e. The molecule has 0 unspecified atom stereocenters. The highest BCUT2D eigenvalue weighted by atomic mass is 16.5. The lowest BCUT2D eigenvalue weighted by Gasteiger charge is -2.40. The summed E-state index contributed by atoms with van der Waals surface area (Å²) in [6, 6.07) is 3.99. The topological polar surface area (TPSA) is 84.8 Å². The SMILES string of the molecule is CC(C)O.Cc1ncc(-c2ccc(OCC3CC3)cn2)c(N2CCC(C)(C)CC2)c1CC(=O)OC(C)C. The number of carbonyl (C=O) groups excluding carboxylic acids is 1. The minimum Gasteiger partial charge on any atom is -0.492 e. The average molecular weight is 512 g/mol. The van der Waals surface area contributed by atoms with Crippen LogP contribution in [-0.4, -0.2) is 52.9 Å². The number of carbonyl (C=O) groups is 1. The Morgan fingerprint density at radius 3 is 2.30 bits per heavy atom. The zero-order valence-electron chi connectivity index (χ0n) is 23.7. The first-order valence-corrected chi connectivity index (χ1v) is 13.7. The van der Waals surface area contributed by atoms with Gasteiger partial charge in [-0.1, -0.05) is 13.8 Å². The van der Waals surface area contributed by atoms with Crippen LogP contribution in [0.2, 0.25) is 0 Å². The Hall–Kier alpha value is -2.67. The van der Waals surface area contributed by atoms with E-state index in [-0.39, 0.29) is 24.6 Å². The van der Waals surface area contributed by atoms with E-state index < -0.39 is 0 Å². The van der Waals surface area contributed by atoms with Crippen molar-refractivity contribution in [3.8, 4) is 17.0 Å². The van der Waals surface area contributed by atoms with Crippen LogP contribution in [0.4, 0.5) is 5.69 Å². The molecule has 0 amide bonds. The van der Waals surface area contributed by atoms with Gasteiger partial charge in [0.05, 0.1) is 36.7 Å². The lowest BCUT2D eigenvalue weighted by atomic mass is 9.82. The van der Waals surface area contributed by atoms with Crippen LogP contribution in [0.25, 0.3) is 11.3 Å². The van der Waals surface area contributed by atoms with Crippen molar-refractivity contribution in [1.29, 1.82) is 0 Å². The number of piperidine rings is 1. The van der Waals surface area contributed by atoms with Crippen molar-refractivity contribution in [2.24, 2.45) is 11.3 Å². The van der Waals surface area contributed by atoms with Gasteiger partial charge >= 0.3 is 5.97 Å². The van der Waals surface area contributed by atoms with Crippen LogP contribution in [0.3, 0.4) is 0 Å². The van der Waals surface area contributed by atoms with Crippen molar-refractivity contribution in [1.82, 2.24) is 9.97 Å². The quantitative estimate of drug-likeness (QED) is 0.452. The monoisotopic (exact) mass is 511 g/mol. The molecule has 0 spiro atoms. The van der Waals surface area contributed by atoms with Crippen LogP contribution in [0.5, 0.6) is 5.75 Å². The minimum atomic E-state index is -0.220. The van der Waals surface area contributed by atoms with Crippen molar-refractivity contribution in [3.63, 3.8) is 0 Å². The van der Waals surface area contributed by atoms with Crippen molar-refractivity contribution < 1.29 is 19.4 Å². The van der Waals surface area contributed by atoms with Gasteiger partial charge in [-0.3, -0.25) is 14.8 Å². The summed E-state index contributed by atoms with van der Waals surface area (Å²) in [4.78, 5) is 24.4. The largest absolute Gasteiger partial charge is 0.492 e. The van der Waals surface area contributed by atoms with Crippen LogP contribution in [0, 0.1) is 18.3 Å². The van der Waals surface area contributed by atoms with Crippen molar-refractivity contribution >= 4 is 11.7 Å². The van der Waals surface area contributed by atoms with Gasteiger partial charge in [0.25, 0.3) is 0 Å². The normalized spacial score (nSPS) is 16.9. The molecule has 2 aromatic heterocycles. The first kappa shape index (κ1) is 28.9. The molecule has 1 saturated carbocycles. The third-order valence-corrected chi connectivity index (χ3v) is 6.68. The zero-order chi connectivity index (χ0) is 27.2. The molecule has 3 heterocycles. The van der Waals surface area contributed by atoms with E-state index in [9.17, 15) is 4.79 Å². The molecular weight excluding hydrogens is 466 g/mol. The standard InChI is InChI=1S/C27H37N3O3.C3H8O/c1-18(2)33-25(31)14-22-19(3)28-16-23(26(22)30-12-10-27(4,5)11-13-30)24-9-8-21(15-29-24)32-17-20-6-7-20;1-3(2)4/h8-9,15-16,18,20H,6-7,10-14,17H2,1-5H3;3-4H,1-2H3. The average Bonchev–Trinajstić information content (AvgIpc) is 3.63. The zero-order valence-corrected chi connectivity index (χ0v) is 23.7. The maximum atomic E-state index is 12.6. The van der Waals surface area contributed by atoms with Crippen LogP contribution < -0.4 is 9.64 Å². The molecule has 0 bridgehead atoms. The molecule has 2 aromatic rings. The number of esters is 1. The summed E-state index contributed by atoms with van der Waals surface area (Å²) >= 11 is 0. The number of aromatic nitrogens is 2. The van der Waals surface area contributed by atoms with Crippen molar-refractivity contribution in [2.45, 2.75) is 92.8 Å². The minimum absolute atomic E-state index is 0.141. The Morgan fingerprint density at radius 2 is 1.76 bits per heavy atom. The third-order valence-electron chi connectivity index (χ3n) is 6.68. The number of aryl methyl sites for hydroxylation is 1. The Labute approximate surface area is 222 Å². The summed E-state index contributed by atoms with van der Waals surface area (Å²) in [7, 11) is 0. The number of hydrogen-bond donors (Lipinski definition) is 1. The lowest BCUT2D eigenvalue weighted by molar-refractivity contribution is -0.146. The molecule has 1 aliphatic carbocycles. The van der Waals surface area contributed by atoms with Crippen LogP contribution in [0.15, 0.2) is 24.5 Å². The second-order valence-corrected chi connectivity index (χ2v) is 11.7. The highest BCUT2D eigenvalue weighted by molar-refractivity contribution is 5.84. The van der Waals surface area contributed by atoms with E-state index in [4.69, 9.17) is 19.6 Å². The fourth-order valence-electron chi connectivity index (χ4n) is 4.30. The van der Waals surface area contributed by atoms with Crippen LogP contribution in [-0.2, 0) is 16.0 Å². The third kappa shape index (κ3) is 8.99. The second-order valence-electron chi connectivity index (χ2n) is 11.7. The number of pyridine rings is 2. The molecule has 1 aliphatic heterocycles. The van der Waals surface area contributed by atoms with E-state index in [1.165, 1.54) is 12.8 Å². The Bertz CT molecular complexity index is 1020. The summed E-state index contributed by atoms with van der Waals surface area (Å²) in [5.41, 5.74) is 5.00. The van der Waals surface area contributed by atoms with Gasteiger partial charge in [-0.25, -0.2) is 0 Å². The highest BCUT2D eigenvalue weighted by Crippen LogP contribution is 2.39. The van der Waals surface area contributed by atoms with Gasteiger partial charge < -0.3 is 19.5 Å². The predicted molar refractivity (Wildman–Crippen MR) is 148 cm³/mol. The number of hydrogen-bond acceptors (Lipinski definition) is 7. The first-order valence-electron chi connectivity index (χ1n) is 13.7. The number of rotatable bonds is 8. The Kier molecular flexibility index (Phi) is 9.93. The molecule has 2 fully saturated rings. The lowest BCUT2D eigenvalue weighted by Crippen LogP contribution is -2.38. The molecule has 4 rings (SSSR count). The van der Waals surface area contributed by atoms with Crippen LogP contribution >= 0.6 is 0 Å². The van der Waals surface area contributed by atoms with Gasteiger partial charge in [0.2, 0.25) is 0 Å². The van der Waals surface area contributed by atoms with Gasteiger partial charge in [-0.05, 0) is 83.8 Å². The molecule has 7 heteroatoms. The molecule has 0 aromatic carbocycles. The van der Waals surface area contributed by atoms with E-state index in [0.29, 0.717) is 11.3 Å². The van der Waals surface area contributed by atoms with Gasteiger partial charge in [0.1, 0.15) is 5.75 Å². The van der Waals surface area contributed by atoms with Gasteiger partial charge in [0, 0.05) is 42.2 Å². The summed E-state index contributed by atoms with van der Waals surface area (Å²) < 4.78 is 11.4. The first-order chi connectivity index (χ1) is 17.4. The summed E-state index contributed by atoms with van der Waals surface area (Å²) in [6.45, 7) is 16.5. The fraction of sp³-hybridized carbons (Fsp3) is 0.633. The Balaban J connectivity index is 0.000000886. The number of ether oxygens (including phenoxy) is 2. The highest BCUT2D eigenvalue weighted by Gasteiger charge is 2.30. The molecule has 0 radical (unpaired) electrons. The number of nitrogens with zero attached hydrogens (tertiary/aromatic N) is 3. The Morgan fingerprint density at radius 1 is 1.11 bits per heavy atom. The summed E-state index contributed by atoms with van der Waals surface area (Å²) in [6.07, 6.45) is 8.33. The summed E-state index contributed by atoms with van der Waals surface area (Å²) in [5, 5.41) is 8.06. The smallest absolute Gasteiger partial charge is 0.310 e. The second kappa shape index (κ2) is 12.7. The van der Waals surface area contributed by atoms with E-state index >= 15 is 0 Å². The molecule has 204 valence electrons. The van der Waals surface area contributed by atoms with Gasteiger partial charge in [-0.2, -0.15) is 0 Å². The molecule has 37 heavy (non-hydrogen) atoms. The number of aliphatic hydroxyl groups is 1. The maximum absolute atomic E-state index is 12.6. The number of anilines is 1. The number of aliphatic hydroxyl groups excluding tert-OH is 1. The van der Waals surface area contributed by atoms with Gasteiger partial charge in [-0.15, -0.1) is 0 Å². The van der Waals surface area contributed by atoms with E-state index in [2.05, 4.69) is 23.7 Å². The fourth-order valence-corrected chi connectivity index (χ4v) is 4.30. The van der Waals surface area contributed by atoms with E-state index in [1.54, 1.807) is 20.0 Å². The predicted octanol–water partition coefficient (Wildman–Crippen LogP) is 5.75. The molecule has 0 atom stereocenters.